The number of hydrogen-bond donors (Lipinski definition) is 1. The average molecular weight is 231 g/mol. The van der Waals surface area contributed by atoms with E-state index < -0.39 is 0 Å². The Bertz CT molecular complexity index is 338. The molecule has 1 saturated carbocycles. The highest BCUT2D eigenvalue weighted by Gasteiger charge is 2.35. The minimum absolute atomic E-state index is 0.222. The van der Waals surface area contributed by atoms with Crippen LogP contribution in [0, 0.1) is 5.92 Å². The number of hydrogen-bond acceptors (Lipinski definition) is 1. The van der Waals surface area contributed by atoms with Gasteiger partial charge in [-0.15, -0.1) is 0 Å². The Labute approximate surface area is 106 Å². The van der Waals surface area contributed by atoms with Crippen molar-refractivity contribution in [1.29, 1.82) is 0 Å². The maximum Gasteiger partial charge on any atom is 0.0161 e. The summed E-state index contributed by atoms with van der Waals surface area (Å²) in [5.74, 6) is 0.974. The van der Waals surface area contributed by atoms with Gasteiger partial charge in [0.15, 0.2) is 0 Å². The topological polar surface area (TPSA) is 12.0 Å². The molecule has 17 heavy (non-hydrogen) atoms. The molecule has 0 bridgehead atoms. The Morgan fingerprint density at radius 2 is 1.88 bits per heavy atom. The van der Waals surface area contributed by atoms with Gasteiger partial charge in [0.2, 0.25) is 0 Å². The van der Waals surface area contributed by atoms with Gasteiger partial charge in [0.1, 0.15) is 0 Å². The molecule has 0 saturated heterocycles. The molecule has 2 rings (SSSR count). The number of nitrogens with one attached hydrogen (secondary N) is 1. The van der Waals surface area contributed by atoms with Crippen LogP contribution in [0.2, 0.25) is 0 Å². The van der Waals surface area contributed by atoms with Gasteiger partial charge in [-0.1, -0.05) is 63.9 Å². The van der Waals surface area contributed by atoms with Crippen LogP contribution in [0.15, 0.2) is 30.3 Å². The molecular formula is C16H25N. The van der Waals surface area contributed by atoms with Gasteiger partial charge in [0, 0.05) is 11.5 Å². The first kappa shape index (κ1) is 12.6. The summed E-state index contributed by atoms with van der Waals surface area (Å²) in [5.41, 5.74) is 1.67. The Morgan fingerprint density at radius 1 is 1.24 bits per heavy atom. The van der Waals surface area contributed by atoms with Crippen LogP contribution in [-0.4, -0.2) is 12.6 Å². The molecule has 0 radical (unpaired) electrons. The van der Waals surface area contributed by atoms with Crippen LogP contribution >= 0.6 is 0 Å². The largest absolute Gasteiger partial charge is 0.313 e. The minimum Gasteiger partial charge on any atom is -0.313 e. The van der Waals surface area contributed by atoms with Crippen molar-refractivity contribution >= 4 is 0 Å². The van der Waals surface area contributed by atoms with E-state index >= 15 is 0 Å². The van der Waals surface area contributed by atoms with Gasteiger partial charge in [-0.2, -0.15) is 0 Å². The van der Waals surface area contributed by atoms with E-state index in [4.69, 9.17) is 0 Å². The summed E-state index contributed by atoms with van der Waals surface area (Å²) in [6.45, 7) is 8.02. The Hall–Kier alpha value is -0.820. The van der Waals surface area contributed by atoms with Gasteiger partial charge in [-0.05, 0) is 24.4 Å². The van der Waals surface area contributed by atoms with E-state index in [1.54, 1.807) is 0 Å². The predicted molar refractivity (Wildman–Crippen MR) is 74.3 cm³/mol. The van der Waals surface area contributed by atoms with Crippen molar-refractivity contribution in [3.05, 3.63) is 35.9 Å². The second-order valence-corrected chi connectivity index (χ2v) is 5.88. The molecule has 1 aliphatic carbocycles. The summed E-state index contributed by atoms with van der Waals surface area (Å²) >= 11 is 0. The Balaban J connectivity index is 2.14. The van der Waals surface area contributed by atoms with Crippen molar-refractivity contribution in [1.82, 2.24) is 5.32 Å². The fraction of sp³-hybridized carbons (Fsp3) is 0.625. The molecule has 94 valence electrons. The molecule has 0 heterocycles. The standard InChI is InChI=1S/C16H25N/c1-4-17-15(12-13-10-11-13)16(2,3)14-8-6-5-7-9-14/h5-9,13,15,17H,4,10-12H2,1-3H3. The molecule has 0 aromatic heterocycles. The molecule has 1 nitrogen and oxygen atoms in total. The van der Waals surface area contributed by atoms with E-state index in [1.165, 1.54) is 24.8 Å². The van der Waals surface area contributed by atoms with Crippen molar-refractivity contribution in [2.75, 3.05) is 6.54 Å². The van der Waals surface area contributed by atoms with E-state index in [-0.39, 0.29) is 5.41 Å². The average Bonchev–Trinajstić information content (AvgIpc) is 3.14. The van der Waals surface area contributed by atoms with Crippen LogP contribution < -0.4 is 5.32 Å². The molecule has 0 aliphatic heterocycles. The maximum atomic E-state index is 3.69. The summed E-state index contributed by atoms with van der Waals surface area (Å²) in [6.07, 6.45) is 4.20. The summed E-state index contributed by atoms with van der Waals surface area (Å²) in [4.78, 5) is 0. The molecule has 1 fully saturated rings. The molecule has 1 atom stereocenters. The minimum atomic E-state index is 0.222. The lowest BCUT2D eigenvalue weighted by molar-refractivity contribution is 0.315. The molecule has 1 aromatic rings. The van der Waals surface area contributed by atoms with Crippen molar-refractivity contribution in [2.45, 2.75) is 51.5 Å². The highest BCUT2D eigenvalue weighted by atomic mass is 14.9. The lowest BCUT2D eigenvalue weighted by Crippen LogP contribution is -2.45. The van der Waals surface area contributed by atoms with Crippen LogP contribution in [0.5, 0.6) is 0 Å². The van der Waals surface area contributed by atoms with E-state index in [9.17, 15) is 0 Å². The number of rotatable bonds is 6. The number of likely N-dealkylation sites (N-methyl/N-ethyl adjacent to an activating group) is 1. The lowest BCUT2D eigenvalue weighted by Gasteiger charge is -2.36. The number of benzene rings is 1. The van der Waals surface area contributed by atoms with Crippen molar-refractivity contribution in [2.24, 2.45) is 5.92 Å². The fourth-order valence-corrected chi connectivity index (χ4v) is 2.64. The zero-order valence-corrected chi connectivity index (χ0v) is 11.4. The van der Waals surface area contributed by atoms with Crippen molar-refractivity contribution < 1.29 is 0 Å². The second kappa shape index (κ2) is 5.22. The molecule has 1 N–H and O–H groups in total. The van der Waals surface area contributed by atoms with Crippen molar-refractivity contribution in [3.8, 4) is 0 Å². The Kier molecular flexibility index (Phi) is 3.88. The maximum absolute atomic E-state index is 3.69. The summed E-state index contributed by atoms with van der Waals surface area (Å²) in [5, 5.41) is 3.69. The van der Waals surface area contributed by atoms with Gasteiger partial charge >= 0.3 is 0 Å². The van der Waals surface area contributed by atoms with E-state index in [2.05, 4.69) is 56.4 Å². The first-order chi connectivity index (χ1) is 8.14. The van der Waals surface area contributed by atoms with E-state index in [1.807, 2.05) is 0 Å². The third-order valence-electron chi connectivity index (χ3n) is 4.11. The lowest BCUT2D eigenvalue weighted by atomic mass is 9.75. The molecule has 1 aliphatic rings. The SMILES string of the molecule is CCNC(CC1CC1)C(C)(C)c1ccccc1. The Morgan fingerprint density at radius 3 is 2.41 bits per heavy atom. The zero-order chi connectivity index (χ0) is 12.3. The van der Waals surface area contributed by atoms with Gasteiger partial charge < -0.3 is 5.32 Å². The quantitative estimate of drug-likeness (QED) is 0.786. The first-order valence-corrected chi connectivity index (χ1v) is 6.93. The summed E-state index contributed by atoms with van der Waals surface area (Å²) < 4.78 is 0. The molecule has 0 spiro atoms. The van der Waals surface area contributed by atoms with E-state index in [0.29, 0.717) is 6.04 Å². The molecule has 1 unspecified atom stereocenters. The summed E-state index contributed by atoms with van der Waals surface area (Å²) in [7, 11) is 0. The van der Waals surface area contributed by atoms with Crippen LogP contribution in [0.3, 0.4) is 0 Å². The zero-order valence-electron chi connectivity index (χ0n) is 11.4. The highest BCUT2D eigenvalue weighted by Crippen LogP contribution is 2.38. The second-order valence-electron chi connectivity index (χ2n) is 5.88. The molecule has 1 aromatic carbocycles. The third kappa shape index (κ3) is 3.10. The van der Waals surface area contributed by atoms with Crippen LogP contribution in [0.1, 0.15) is 45.6 Å². The van der Waals surface area contributed by atoms with Crippen LogP contribution in [0.25, 0.3) is 0 Å². The van der Waals surface area contributed by atoms with E-state index in [0.717, 1.165) is 12.5 Å². The van der Waals surface area contributed by atoms with Gasteiger partial charge in [-0.25, -0.2) is 0 Å². The van der Waals surface area contributed by atoms with Gasteiger partial charge in [-0.3, -0.25) is 0 Å². The summed E-state index contributed by atoms with van der Waals surface area (Å²) in [6, 6.07) is 11.5. The third-order valence-corrected chi connectivity index (χ3v) is 4.11. The monoisotopic (exact) mass is 231 g/mol. The predicted octanol–water partition coefficient (Wildman–Crippen LogP) is 3.74. The smallest absolute Gasteiger partial charge is 0.0161 e. The highest BCUT2D eigenvalue weighted by molar-refractivity contribution is 5.26. The van der Waals surface area contributed by atoms with Crippen LogP contribution in [0.4, 0.5) is 0 Å². The van der Waals surface area contributed by atoms with Crippen LogP contribution in [-0.2, 0) is 5.41 Å². The molecule has 1 heteroatoms. The first-order valence-electron chi connectivity index (χ1n) is 6.93. The van der Waals surface area contributed by atoms with Crippen molar-refractivity contribution in [3.63, 3.8) is 0 Å². The fourth-order valence-electron chi connectivity index (χ4n) is 2.64. The van der Waals surface area contributed by atoms with Gasteiger partial charge in [0.25, 0.3) is 0 Å². The molecule has 0 amide bonds. The molecular weight excluding hydrogens is 206 g/mol. The van der Waals surface area contributed by atoms with Gasteiger partial charge in [0.05, 0.1) is 0 Å². The normalized spacial score (nSPS) is 18.1.